The molecule has 1 saturated heterocycles. The summed E-state index contributed by atoms with van der Waals surface area (Å²) in [6.07, 6.45) is 0.271. The summed E-state index contributed by atoms with van der Waals surface area (Å²) in [5, 5.41) is 2.68. The maximum absolute atomic E-state index is 12.6. The SMILES string of the molecule is O=C(CC1CS(=O)(=O)N1)N[C@@H](Cc1ccccc1)C(=O)OCc1ccccc1. The number of amides is 1. The van der Waals surface area contributed by atoms with E-state index in [9.17, 15) is 18.0 Å². The molecule has 1 amide bonds. The van der Waals surface area contributed by atoms with Crippen molar-refractivity contribution >= 4 is 21.9 Å². The van der Waals surface area contributed by atoms with Crippen LogP contribution < -0.4 is 10.0 Å². The molecule has 1 aliphatic rings. The van der Waals surface area contributed by atoms with Gasteiger partial charge in [0.15, 0.2) is 0 Å². The van der Waals surface area contributed by atoms with E-state index >= 15 is 0 Å². The first kappa shape index (κ1) is 20.0. The van der Waals surface area contributed by atoms with Gasteiger partial charge in [-0.2, -0.15) is 0 Å². The molecule has 0 spiro atoms. The van der Waals surface area contributed by atoms with E-state index < -0.39 is 34.0 Å². The monoisotopic (exact) mass is 402 g/mol. The second-order valence-corrected chi connectivity index (χ2v) is 8.50. The zero-order valence-corrected chi connectivity index (χ0v) is 16.0. The zero-order chi connectivity index (χ0) is 20.0. The van der Waals surface area contributed by atoms with Crippen LogP contribution in [0.1, 0.15) is 17.5 Å². The van der Waals surface area contributed by atoms with Crippen LogP contribution in [-0.4, -0.2) is 38.1 Å². The van der Waals surface area contributed by atoms with Crippen LogP contribution in [0.15, 0.2) is 60.7 Å². The Balaban J connectivity index is 1.60. The molecule has 2 aromatic carbocycles. The summed E-state index contributed by atoms with van der Waals surface area (Å²) >= 11 is 0. The molecule has 0 aromatic heterocycles. The Labute approximate surface area is 164 Å². The predicted octanol–water partition coefficient (Wildman–Crippen LogP) is 1.15. The summed E-state index contributed by atoms with van der Waals surface area (Å²) in [7, 11) is -3.23. The molecule has 2 atom stereocenters. The van der Waals surface area contributed by atoms with Crippen molar-refractivity contribution in [2.24, 2.45) is 0 Å². The fourth-order valence-corrected chi connectivity index (χ4v) is 4.16. The van der Waals surface area contributed by atoms with Gasteiger partial charge >= 0.3 is 5.97 Å². The number of hydrogen-bond acceptors (Lipinski definition) is 5. The van der Waals surface area contributed by atoms with Crippen molar-refractivity contribution in [2.75, 3.05) is 5.75 Å². The van der Waals surface area contributed by atoms with Crippen LogP contribution in [-0.2, 0) is 37.4 Å². The minimum Gasteiger partial charge on any atom is -0.459 e. The third kappa shape index (κ3) is 5.90. The van der Waals surface area contributed by atoms with Crippen molar-refractivity contribution in [3.05, 3.63) is 71.8 Å². The Kier molecular flexibility index (Phi) is 6.43. The van der Waals surface area contributed by atoms with Gasteiger partial charge in [0.2, 0.25) is 15.9 Å². The topological polar surface area (TPSA) is 102 Å². The molecule has 0 saturated carbocycles. The summed E-state index contributed by atoms with van der Waals surface area (Å²) < 4.78 is 30.0. The normalized spacial score (nSPS) is 18.5. The Morgan fingerprint density at radius 3 is 2.18 bits per heavy atom. The van der Waals surface area contributed by atoms with Crippen LogP contribution in [0.2, 0.25) is 0 Å². The first-order chi connectivity index (χ1) is 13.4. The number of sulfonamides is 1. The van der Waals surface area contributed by atoms with Crippen molar-refractivity contribution < 1.29 is 22.7 Å². The van der Waals surface area contributed by atoms with E-state index in [1.54, 1.807) is 0 Å². The summed E-state index contributed by atoms with van der Waals surface area (Å²) in [5.74, 6) is -1.01. The van der Waals surface area contributed by atoms with E-state index in [-0.39, 0.29) is 25.2 Å². The lowest BCUT2D eigenvalue weighted by Gasteiger charge is -2.27. The lowest BCUT2D eigenvalue weighted by atomic mass is 10.1. The molecule has 148 valence electrons. The van der Waals surface area contributed by atoms with E-state index in [4.69, 9.17) is 4.74 Å². The predicted molar refractivity (Wildman–Crippen MR) is 104 cm³/mol. The van der Waals surface area contributed by atoms with Crippen molar-refractivity contribution in [1.29, 1.82) is 0 Å². The van der Waals surface area contributed by atoms with E-state index in [0.29, 0.717) is 0 Å². The maximum atomic E-state index is 12.6. The number of esters is 1. The second-order valence-electron chi connectivity index (χ2n) is 6.70. The molecular formula is C20H22N2O5S. The van der Waals surface area contributed by atoms with Crippen LogP contribution in [0.5, 0.6) is 0 Å². The highest BCUT2D eigenvalue weighted by molar-refractivity contribution is 7.90. The lowest BCUT2D eigenvalue weighted by molar-refractivity contribution is -0.149. The number of ether oxygens (including phenoxy) is 1. The molecule has 1 fully saturated rings. The highest BCUT2D eigenvalue weighted by Gasteiger charge is 2.34. The highest BCUT2D eigenvalue weighted by atomic mass is 32.2. The number of carbonyl (C=O) groups excluding carboxylic acids is 2. The molecular weight excluding hydrogens is 380 g/mol. The molecule has 0 radical (unpaired) electrons. The fourth-order valence-electron chi connectivity index (χ4n) is 2.95. The Morgan fingerprint density at radius 2 is 1.61 bits per heavy atom. The Bertz CT molecular complexity index is 904. The second kappa shape index (κ2) is 8.99. The third-order valence-electron chi connectivity index (χ3n) is 4.32. The Morgan fingerprint density at radius 1 is 1.04 bits per heavy atom. The first-order valence-corrected chi connectivity index (χ1v) is 10.6. The van der Waals surface area contributed by atoms with Crippen LogP contribution in [0.3, 0.4) is 0 Å². The molecule has 0 aliphatic carbocycles. The van der Waals surface area contributed by atoms with Gasteiger partial charge in [0.1, 0.15) is 12.6 Å². The van der Waals surface area contributed by atoms with Gasteiger partial charge < -0.3 is 10.1 Å². The number of hydrogen-bond donors (Lipinski definition) is 2. The number of carbonyl (C=O) groups is 2. The minimum atomic E-state index is -3.23. The molecule has 2 aromatic rings. The zero-order valence-electron chi connectivity index (χ0n) is 15.2. The number of nitrogens with one attached hydrogen (secondary N) is 2. The van der Waals surface area contributed by atoms with E-state index in [1.165, 1.54) is 0 Å². The smallest absolute Gasteiger partial charge is 0.329 e. The van der Waals surface area contributed by atoms with E-state index in [0.717, 1.165) is 11.1 Å². The standard InChI is InChI=1S/C20H22N2O5S/c23-19(12-17-14-28(25,26)22-17)21-18(11-15-7-3-1-4-8-15)20(24)27-13-16-9-5-2-6-10-16/h1-10,17-18,22H,11-14H2,(H,21,23)/t17?,18-/m0/s1. The third-order valence-corrected chi connectivity index (χ3v) is 5.86. The van der Waals surface area contributed by atoms with Crippen molar-refractivity contribution in [3.63, 3.8) is 0 Å². The van der Waals surface area contributed by atoms with Crippen LogP contribution in [0.25, 0.3) is 0 Å². The average Bonchev–Trinajstić information content (AvgIpc) is 2.66. The summed E-state index contributed by atoms with van der Waals surface area (Å²) in [5.41, 5.74) is 1.73. The van der Waals surface area contributed by atoms with Gasteiger partial charge in [-0.25, -0.2) is 17.9 Å². The van der Waals surface area contributed by atoms with Gasteiger partial charge in [-0.1, -0.05) is 60.7 Å². The molecule has 8 heteroatoms. The van der Waals surface area contributed by atoms with Gasteiger partial charge in [0.05, 0.1) is 5.75 Å². The summed E-state index contributed by atoms with van der Waals surface area (Å²) in [6.45, 7) is 0.114. The van der Waals surface area contributed by atoms with Gasteiger partial charge in [-0.05, 0) is 11.1 Å². The largest absolute Gasteiger partial charge is 0.459 e. The van der Waals surface area contributed by atoms with Gasteiger partial charge in [-0.3, -0.25) is 4.79 Å². The van der Waals surface area contributed by atoms with Gasteiger partial charge in [-0.15, -0.1) is 0 Å². The fraction of sp³-hybridized carbons (Fsp3) is 0.300. The van der Waals surface area contributed by atoms with Crippen LogP contribution in [0, 0.1) is 0 Å². The number of benzene rings is 2. The highest BCUT2D eigenvalue weighted by Crippen LogP contribution is 2.11. The van der Waals surface area contributed by atoms with Gasteiger partial charge in [0.25, 0.3) is 0 Å². The summed E-state index contributed by atoms with van der Waals surface area (Å²) in [6, 6.07) is 17.3. The van der Waals surface area contributed by atoms with E-state index in [2.05, 4.69) is 10.0 Å². The minimum absolute atomic E-state index is 0.0174. The van der Waals surface area contributed by atoms with Crippen LogP contribution in [0.4, 0.5) is 0 Å². The van der Waals surface area contributed by atoms with Crippen molar-refractivity contribution in [3.8, 4) is 0 Å². The average molecular weight is 402 g/mol. The molecule has 1 aliphatic heterocycles. The first-order valence-electron chi connectivity index (χ1n) is 8.95. The molecule has 7 nitrogen and oxygen atoms in total. The van der Waals surface area contributed by atoms with E-state index in [1.807, 2.05) is 60.7 Å². The molecule has 0 bridgehead atoms. The van der Waals surface area contributed by atoms with Gasteiger partial charge in [0, 0.05) is 18.9 Å². The van der Waals surface area contributed by atoms with Crippen molar-refractivity contribution in [1.82, 2.24) is 10.0 Å². The quantitative estimate of drug-likeness (QED) is 0.645. The van der Waals surface area contributed by atoms with Crippen molar-refractivity contribution in [2.45, 2.75) is 31.5 Å². The molecule has 1 unspecified atom stereocenters. The Hall–Kier alpha value is -2.71. The number of rotatable bonds is 8. The lowest BCUT2D eigenvalue weighted by Crippen LogP contribution is -2.55. The molecule has 28 heavy (non-hydrogen) atoms. The molecule has 1 heterocycles. The molecule has 3 rings (SSSR count). The van der Waals surface area contributed by atoms with Crippen LogP contribution >= 0.6 is 0 Å². The molecule has 2 N–H and O–H groups in total. The maximum Gasteiger partial charge on any atom is 0.329 e. The summed E-state index contributed by atoms with van der Waals surface area (Å²) in [4.78, 5) is 24.9.